The van der Waals surface area contributed by atoms with Crippen LogP contribution in [0.1, 0.15) is 22.3 Å². The summed E-state index contributed by atoms with van der Waals surface area (Å²) in [6.07, 6.45) is 6.88. The summed E-state index contributed by atoms with van der Waals surface area (Å²) in [7, 11) is 0. The van der Waals surface area contributed by atoms with Gasteiger partial charge in [-0.1, -0.05) is 48.6 Å². The predicted molar refractivity (Wildman–Crippen MR) is 98.6 cm³/mol. The molecule has 3 nitrogen and oxygen atoms in total. The van der Waals surface area contributed by atoms with E-state index in [0.29, 0.717) is 17.7 Å². The van der Waals surface area contributed by atoms with Crippen molar-refractivity contribution in [3.8, 4) is 5.75 Å². The van der Waals surface area contributed by atoms with E-state index in [2.05, 4.69) is 11.9 Å². The zero-order valence-corrected chi connectivity index (χ0v) is 13.8. The molecule has 0 aliphatic heterocycles. The second kappa shape index (κ2) is 10.2. The molecule has 124 valence electrons. The van der Waals surface area contributed by atoms with E-state index in [0.717, 1.165) is 25.3 Å². The van der Waals surface area contributed by atoms with Crippen LogP contribution in [-0.2, 0) is 0 Å². The van der Waals surface area contributed by atoms with Crippen molar-refractivity contribution in [2.24, 2.45) is 0 Å². The number of rotatable bonds is 10. The summed E-state index contributed by atoms with van der Waals surface area (Å²) in [5.41, 5.74) is 1.36. The Morgan fingerprint density at radius 3 is 2.42 bits per heavy atom. The molecule has 2 rings (SSSR count). The minimum absolute atomic E-state index is 0.0210. The van der Waals surface area contributed by atoms with Gasteiger partial charge in [-0.2, -0.15) is 0 Å². The fourth-order valence-corrected chi connectivity index (χ4v) is 2.14. The number of ether oxygens (including phenoxy) is 1. The Balaban J connectivity index is 1.77. The molecule has 24 heavy (non-hydrogen) atoms. The maximum Gasteiger partial charge on any atom is 0.193 e. The van der Waals surface area contributed by atoms with Gasteiger partial charge in [-0.05, 0) is 37.2 Å². The lowest BCUT2D eigenvalue weighted by Crippen LogP contribution is -2.14. The Bertz CT molecular complexity index is 660. The van der Waals surface area contributed by atoms with Gasteiger partial charge in [-0.25, -0.2) is 0 Å². The van der Waals surface area contributed by atoms with Crippen LogP contribution in [0.15, 0.2) is 79.4 Å². The molecule has 0 aliphatic rings. The van der Waals surface area contributed by atoms with Gasteiger partial charge < -0.3 is 10.1 Å². The maximum atomic E-state index is 12.3. The van der Waals surface area contributed by atoms with Gasteiger partial charge in [0.1, 0.15) is 12.4 Å². The summed E-state index contributed by atoms with van der Waals surface area (Å²) in [5.74, 6) is 0.775. The number of ketones is 1. The third kappa shape index (κ3) is 5.86. The molecule has 0 saturated carbocycles. The van der Waals surface area contributed by atoms with E-state index in [4.69, 9.17) is 4.74 Å². The first-order valence-electron chi connectivity index (χ1n) is 8.10. The molecule has 0 heterocycles. The molecule has 0 spiro atoms. The Morgan fingerprint density at radius 1 is 1.00 bits per heavy atom. The van der Waals surface area contributed by atoms with Gasteiger partial charge in [0.2, 0.25) is 0 Å². The highest BCUT2D eigenvalue weighted by atomic mass is 16.5. The molecule has 0 aliphatic carbocycles. The van der Waals surface area contributed by atoms with Crippen LogP contribution in [0.25, 0.3) is 0 Å². The summed E-state index contributed by atoms with van der Waals surface area (Å²) >= 11 is 0. The van der Waals surface area contributed by atoms with Crippen molar-refractivity contribution in [3.05, 3.63) is 90.5 Å². The van der Waals surface area contributed by atoms with Crippen molar-refractivity contribution in [2.75, 3.05) is 19.7 Å². The maximum absolute atomic E-state index is 12.3. The molecule has 0 fully saturated rings. The number of hydrogen-bond donors (Lipinski definition) is 1. The normalized spacial score (nSPS) is 10.7. The highest BCUT2D eigenvalue weighted by Gasteiger charge is 2.07. The molecule has 0 bridgehead atoms. The molecular formula is C21H23NO2. The third-order valence-electron chi connectivity index (χ3n) is 3.45. The van der Waals surface area contributed by atoms with Gasteiger partial charge in [0, 0.05) is 17.7 Å². The van der Waals surface area contributed by atoms with Crippen LogP contribution >= 0.6 is 0 Å². The molecule has 2 aromatic rings. The molecule has 0 aromatic heterocycles. The topological polar surface area (TPSA) is 38.3 Å². The Hall–Kier alpha value is -2.65. The van der Waals surface area contributed by atoms with Gasteiger partial charge in [0.05, 0.1) is 0 Å². The monoisotopic (exact) mass is 321 g/mol. The molecule has 2 aromatic carbocycles. The average molecular weight is 321 g/mol. The van der Waals surface area contributed by atoms with E-state index in [1.165, 1.54) is 0 Å². The predicted octanol–water partition coefficient (Wildman–Crippen LogP) is 4.02. The number of hydrogen-bond acceptors (Lipinski definition) is 3. The molecule has 0 saturated heterocycles. The molecule has 1 N–H and O–H groups in total. The second-order valence-corrected chi connectivity index (χ2v) is 5.28. The highest BCUT2D eigenvalue weighted by Crippen LogP contribution is 2.15. The minimum Gasteiger partial charge on any atom is -0.490 e. The third-order valence-corrected chi connectivity index (χ3v) is 3.45. The van der Waals surface area contributed by atoms with Crippen molar-refractivity contribution < 1.29 is 9.53 Å². The van der Waals surface area contributed by atoms with E-state index < -0.39 is 0 Å². The van der Waals surface area contributed by atoms with Crippen molar-refractivity contribution in [3.63, 3.8) is 0 Å². The van der Waals surface area contributed by atoms with Crippen LogP contribution in [-0.4, -0.2) is 25.5 Å². The summed E-state index contributed by atoms with van der Waals surface area (Å²) in [6.45, 7) is 5.94. The van der Waals surface area contributed by atoms with Gasteiger partial charge in [0.15, 0.2) is 5.78 Å². The summed E-state index contributed by atoms with van der Waals surface area (Å²) in [4.78, 5) is 12.3. The van der Waals surface area contributed by atoms with E-state index in [9.17, 15) is 4.79 Å². The van der Waals surface area contributed by atoms with Crippen LogP contribution in [0.2, 0.25) is 0 Å². The van der Waals surface area contributed by atoms with Crippen LogP contribution in [0, 0.1) is 0 Å². The Morgan fingerprint density at radius 2 is 1.71 bits per heavy atom. The first-order valence-corrected chi connectivity index (χ1v) is 8.10. The standard InChI is InChI=1S/C21H23NO2/c1-2-3-15-22-16-7-8-17-24-20-13-11-19(12-14-20)21(23)18-9-5-4-6-10-18/h2,4-14,22H,1,3,15-17H2. The van der Waals surface area contributed by atoms with Crippen molar-refractivity contribution in [2.45, 2.75) is 6.42 Å². The quantitative estimate of drug-likeness (QED) is 0.408. The van der Waals surface area contributed by atoms with Crippen molar-refractivity contribution >= 4 is 5.78 Å². The minimum atomic E-state index is 0.0210. The molecule has 0 amide bonds. The van der Waals surface area contributed by atoms with Crippen molar-refractivity contribution in [1.82, 2.24) is 5.32 Å². The van der Waals surface area contributed by atoms with E-state index in [-0.39, 0.29) is 5.78 Å². The zero-order chi connectivity index (χ0) is 17.0. The van der Waals surface area contributed by atoms with Gasteiger partial charge in [-0.15, -0.1) is 6.58 Å². The lowest BCUT2D eigenvalue weighted by Gasteiger charge is -2.05. The first-order chi connectivity index (χ1) is 11.8. The highest BCUT2D eigenvalue weighted by molar-refractivity contribution is 6.08. The number of carbonyl (C=O) groups excluding carboxylic acids is 1. The summed E-state index contributed by atoms with van der Waals surface area (Å²) in [6, 6.07) is 16.5. The largest absolute Gasteiger partial charge is 0.490 e. The lowest BCUT2D eigenvalue weighted by atomic mass is 10.0. The van der Waals surface area contributed by atoms with E-state index in [1.54, 1.807) is 12.1 Å². The second-order valence-electron chi connectivity index (χ2n) is 5.28. The summed E-state index contributed by atoms with van der Waals surface area (Å²) in [5, 5.41) is 3.27. The van der Waals surface area contributed by atoms with E-state index >= 15 is 0 Å². The Labute approximate surface area is 143 Å². The fourth-order valence-electron chi connectivity index (χ4n) is 2.14. The van der Waals surface area contributed by atoms with Gasteiger partial charge in [0.25, 0.3) is 0 Å². The molecular weight excluding hydrogens is 298 g/mol. The number of nitrogens with one attached hydrogen (secondary N) is 1. The van der Waals surface area contributed by atoms with Crippen LogP contribution in [0.3, 0.4) is 0 Å². The van der Waals surface area contributed by atoms with Crippen LogP contribution < -0.4 is 10.1 Å². The van der Waals surface area contributed by atoms with Crippen LogP contribution in [0.5, 0.6) is 5.75 Å². The Kier molecular flexibility index (Phi) is 7.51. The number of benzene rings is 2. The molecule has 0 unspecified atom stereocenters. The number of carbonyl (C=O) groups is 1. The molecule has 0 atom stereocenters. The summed E-state index contributed by atoms with van der Waals surface area (Å²) < 4.78 is 5.63. The van der Waals surface area contributed by atoms with E-state index in [1.807, 2.05) is 60.7 Å². The average Bonchev–Trinajstić information content (AvgIpc) is 2.64. The SMILES string of the molecule is C=CCCNCC=CCOc1ccc(C(=O)c2ccccc2)cc1. The van der Waals surface area contributed by atoms with Gasteiger partial charge >= 0.3 is 0 Å². The zero-order valence-electron chi connectivity index (χ0n) is 13.8. The van der Waals surface area contributed by atoms with Crippen LogP contribution in [0.4, 0.5) is 0 Å². The molecule has 3 heteroatoms. The van der Waals surface area contributed by atoms with Crippen molar-refractivity contribution in [1.29, 1.82) is 0 Å². The van der Waals surface area contributed by atoms with Gasteiger partial charge in [-0.3, -0.25) is 4.79 Å². The lowest BCUT2D eigenvalue weighted by molar-refractivity contribution is 0.103. The fraction of sp³-hybridized carbons (Fsp3) is 0.190. The first kappa shape index (κ1) is 17.7. The molecule has 0 radical (unpaired) electrons. The smallest absolute Gasteiger partial charge is 0.193 e.